The Morgan fingerprint density at radius 3 is 2.73 bits per heavy atom. The summed E-state index contributed by atoms with van der Waals surface area (Å²) in [7, 11) is 0. The smallest absolute Gasteiger partial charge is 0.241 e. The zero-order chi connectivity index (χ0) is 11.1. The largest absolute Gasteiger partial charge is 0.366 e. The van der Waals surface area contributed by atoms with Crippen molar-refractivity contribution in [3.63, 3.8) is 0 Å². The second kappa shape index (κ2) is 3.23. The normalized spacial score (nSPS) is 20.3. The number of carbonyl (C=O) groups is 1. The van der Waals surface area contributed by atoms with Gasteiger partial charge >= 0.3 is 0 Å². The summed E-state index contributed by atoms with van der Waals surface area (Å²) in [6.07, 6.45) is 2.43. The number of primary amides is 1. The molecule has 0 saturated heterocycles. The second-order valence-electron chi connectivity index (χ2n) is 4.68. The van der Waals surface area contributed by atoms with Gasteiger partial charge in [0.1, 0.15) is 0 Å². The van der Waals surface area contributed by atoms with E-state index in [-0.39, 0.29) is 11.3 Å². The van der Waals surface area contributed by atoms with Crippen LogP contribution in [-0.2, 0) is 10.2 Å². The Bertz CT molecular complexity index is 444. The van der Waals surface area contributed by atoms with Gasteiger partial charge in [0.05, 0.1) is 0 Å². The van der Waals surface area contributed by atoms with Gasteiger partial charge in [0.2, 0.25) is 5.91 Å². The predicted molar refractivity (Wildman–Crippen MR) is 61.3 cm³/mol. The van der Waals surface area contributed by atoms with Gasteiger partial charge < -0.3 is 5.73 Å². The molecule has 2 heteroatoms. The summed E-state index contributed by atoms with van der Waals surface area (Å²) < 4.78 is 0. The summed E-state index contributed by atoms with van der Waals surface area (Å²) >= 11 is 0. The molecule has 2 rings (SSSR count). The Labute approximate surface area is 89.8 Å². The van der Waals surface area contributed by atoms with Crippen molar-refractivity contribution in [3.05, 3.63) is 41.5 Å². The number of allylic oxidation sites excluding steroid dienone is 1. The van der Waals surface area contributed by atoms with Crippen LogP contribution in [0.1, 0.15) is 31.4 Å². The number of rotatable bonds is 1. The van der Waals surface area contributed by atoms with Crippen molar-refractivity contribution in [2.24, 2.45) is 5.73 Å². The van der Waals surface area contributed by atoms with Crippen molar-refractivity contribution in [1.29, 1.82) is 0 Å². The molecule has 0 fully saturated rings. The molecule has 0 heterocycles. The van der Waals surface area contributed by atoms with Crippen LogP contribution in [0.3, 0.4) is 0 Å². The first-order valence-electron chi connectivity index (χ1n) is 5.10. The van der Waals surface area contributed by atoms with Crippen LogP contribution < -0.4 is 5.73 Å². The number of amides is 1. The fourth-order valence-corrected chi connectivity index (χ4v) is 2.32. The SMILES string of the molecule is CC1(C)C/C(=C\C(N)=O)c2ccccc21. The summed E-state index contributed by atoms with van der Waals surface area (Å²) in [6.45, 7) is 4.38. The van der Waals surface area contributed by atoms with Crippen LogP contribution in [0, 0.1) is 0 Å². The van der Waals surface area contributed by atoms with Gasteiger partial charge in [-0.1, -0.05) is 38.1 Å². The zero-order valence-electron chi connectivity index (χ0n) is 9.08. The first-order valence-corrected chi connectivity index (χ1v) is 5.10. The lowest BCUT2D eigenvalue weighted by Crippen LogP contribution is -2.11. The lowest BCUT2D eigenvalue weighted by Gasteiger charge is -2.17. The molecule has 1 aliphatic carbocycles. The summed E-state index contributed by atoms with van der Waals surface area (Å²) in [5.74, 6) is -0.363. The lowest BCUT2D eigenvalue weighted by molar-refractivity contribution is -0.113. The van der Waals surface area contributed by atoms with Gasteiger partial charge in [-0.2, -0.15) is 0 Å². The number of carbonyl (C=O) groups excluding carboxylic acids is 1. The summed E-state index contributed by atoms with van der Waals surface area (Å²) in [5, 5.41) is 0. The molecule has 0 radical (unpaired) electrons. The van der Waals surface area contributed by atoms with Crippen molar-refractivity contribution >= 4 is 11.5 Å². The van der Waals surface area contributed by atoms with Gasteiger partial charge in [0, 0.05) is 6.08 Å². The van der Waals surface area contributed by atoms with Crippen LogP contribution in [0.4, 0.5) is 0 Å². The molecule has 0 unspecified atom stereocenters. The van der Waals surface area contributed by atoms with Crippen molar-refractivity contribution in [2.75, 3.05) is 0 Å². The average molecular weight is 201 g/mol. The van der Waals surface area contributed by atoms with E-state index in [1.807, 2.05) is 12.1 Å². The van der Waals surface area contributed by atoms with E-state index in [1.54, 1.807) is 6.08 Å². The molecular formula is C13H15NO. The molecule has 0 aliphatic heterocycles. The summed E-state index contributed by atoms with van der Waals surface area (Å²) in [4.78, 5) is 10.9. The number of benzene rings is 1. The quantitative estimate of drug-likeness (QED) is 0.696. The van der Waals surface area contributed by atoms with Gasteiger partial charge in [-0.15, -0.1) is 0 Å². The van der Waals surface area contributed by atoms with E-state index in [1.165, 1.54) is 11.1 Å². The first-order chi connectivity index (χ1) is 7.00. The van der Waals surface area contributed by atoms with E-state index in [4.69, 9.17) is 5.73 Å². The molecule has 0 spiro atoms. The maximum atomic E-state index is 10.9. The van der Waals surface area contributed by atoms with E-state index < -0.39 is 0 Å². The molecule has 2 N–H and O–H groups in total. The van der Waals surface area contributed by atoms with Crippen molar-refractivity contribution in [2.45, 2.75) is 25.7 Å². The fourth-order valence-electron chi connectivity index (χ4n) is 2.32. The number of fused-ring (bicyclic) bond motifs is 1. The van der Waals surface area contributed by atoms with Gasteiger partial charge in [0.15, 0.2) is 0 Å². The van der Waals surface area contributed by atoms with E-state index in [0.717, 1.165) is 12.0 Å². The maximum Gasteiger partial charge on any atom is 0.241 e. The molecule has 1 aromatic carbocycles. The molecule has 78 valence electrons. The van der Waals surface area contributed by atoms with Crippen molar-refractivity contribution in [1.82, 2.24) is 0 Å². The van der Waals surface area contributed by atoms with Crippen LogP contribution >= 0.6 is 0 Å². The number of hydrogen-bond acceptors (Lipinski definition) is 1. The van der Waals surface area contributed by atoms with Crippen LogP contribution in [0.15, 0.2) is 30.3 Å². The second-order valence-corrected chi connectivity index (χ2v) is 4.68. The van der Waals surface area contributed by atoms with Crippen LogP contribution in [0.5, 0.6) is 0 Å². The molecule has 1 aromatic rings. The van der Waals surface area contributed by atoms with Gasteiger partial charge in [-0.05, 0) is 28.5 Å². The lowest BCUT2D eigenvalue weighted by atomic mass is 9.86. The molecule has 0 atom stereocenters. The maximum absolute atomic E-state index is 10.9. The minimum absolute atomic E-state index is 0.109. The molecule has 0 aromatic heterocycles. The molecule has 0 bridgehead atoms. The third kappa shape index (κ3) is 1.67. The zero-order valence-corrected chi connectivity index (χ0v) is 9.08. The van der Waals surface area contributed by atoms with Crippen LogP contribution in [0.2, 0.25) is 0 Å². The third-order valence-electron chi connectivity index (χ3n) is 2.95. The van der Waals surface area contributed by atoms with Crippen LogP contribution in [-0.4, -0.2) is 5.91 Å². The van der Waals surface area contributed by atoms with Crippen molar-refractivity contribution < 1.29 is 4.79 Å². The average Bonchev–Trinajstić information content (AvgIpc) is 2.39. The molecule has 1 aliphatic rings. The predicted octanol–water partition coefficient (Wildman–Crippen LogP) is 2.24. The Kier molecular flexibility index (Phi) is 2.14. The van der Waals surface area contributed by atoms with Gasteiger partial charge in [0.25, 0.3) is 0 Å². The van der Waals surface area contributed by atoms with E-state index in [2.05, 4.69) is 26.0 Å². The van der Waals surface area contributed by atoms with E-state index in [9.17, 15) is 4.79 Å². The highest BCUT2D eigenvalue weighted by Crippen LogP contribution is 2.44. The van der Waals surface area contributed by atoms with Crippen LogP contribution in [0.25, 0.3) is 5.57 Å². The highest BCUT2D eigenvalue weighted by Gasteiger charge is 2.32. The number of nitrogens with two attached hydrogens (primary N) is 1. The summed E-state index contributed by atoms with van der Waals surface area (Å²) in [6, 6.07) is 8.21. The Hall–Kier alpha value is -1.57. The van der Waals surface area contributed by atoms with Crippen molar-refractivity contribution in [3.8, 4) is 0 Å². The molecule has 2 nitrogen and oxygen atoms in total. The minimum atomic E-state index is -0.363. The Morgan fingerprint density at radius 2 is 2.07 bits per heavy atom. The molecule has 15 heavy (non-hydrogen) atoms. The minimum Gasteiger partial charge on any atom is -0.366 e. The molecule has 1 amide bonds. The first kappa shape index (κ1) is 9.97. The molecule has 0 saturated carbocycles. The standard InChI is InChI=1S/C13H15NO/c1-13(2)8-9(7-12(14)15)10-5-3-4-6-11(10)13/h3-7H,8H2,1-2H3,(H2,14,15)/b9-7+. The summed E-state index contributed by atoms with van der Waals surface area (Å²) in [5.41, 5.74) is 8.84. The molecular weight excluding hydrogens is 186 g/mol. The van der Waals surface area contributed by atoms with E-state index >= 15 is 0 Å². The monoisotopic (exact) mass is 201 g/mol. The Morgan fingerprint density at radius 1 is 1.40 bits per heavy atom. The van der Waals surface area contributed by atoms with Gasteiger partial charge in [-0.25, -0.2) is 0 Å². The topological polar surface area (TPSA) is 43.1 Å². The third-order valence-corrected chi connectivity index (χ3v) is 2.95. The fraction of sp³-hybridized carbons (Fsp3) is 0.308. The highest BCUT2D eigenvalue weighted by molar-refractivity contribution is 5.95. The Balaban J connectivity index is 2.57. The van der Waals surface area contributed by atoms with E-state index in [0.29, 0.717) is 0 Å². The van der Waals surface area contributed by atoms with Gasteiger partial charge in [-0.3, -0.25) is 4.79 Å². The highest BCUT2D eigenvalue weighted by atomic mass is 16.1. The number of hydrogen-bond donors (Lipinski definition) is 1.